The van der Waals surface area contributed by atoms with Crippen LogP contribution >= 0.6 is 0 Å². The Morgan fingerprint density at radius 2 is 1.62 bits per heavy atom. The summed E-state index contributed by atoms with van der Waals surface area (Å²) in [5.74, 6) is 2.70. The second-order valence-electron chi connectivity index (χ2n) is 7.86. The van der Waals surface area contributed by atoms with Crippen LogP contribution in [0.15, 0.2) is 77.6 Å². The summed E-state index contributed by atoms with van der Waals surface area (Å²) in [5.41, 5.74) is 2.77. The van der Waals surface area contributed by atoms with E-state index in [0.29, 0.717) is 35.8 Å². The van der Waals surface area contributed by atoms with Gasteiger partial charge >= 0.3 is 0 Å². The quantitative estimate of drug-likeness (QED) is 0.363. The van der Waals surface area contributed by atoms with Gasteiger partial charge in [-0.1, -0.05) is 38.1 Å². The number of hydrogen-bond donors (Lipinski definition) is 0. The van der Waals surface area contributed by atoms with Gasteiger partial charge in [0.2, 0.25) is 0 Å². The van der Waals surface area contributed by atoms with Crippen molar-refractivity contribution in [1.29, 1.82) is 0 Å². The summed E-state index contributed by atoms with van der Waals surface area (Å²) in [4.78, 5) is 18.1. The Bertz CT molecular complexity index is 1240. The van der Waals surface area contributed by atoms with E-state index in [9.17, 15) is 4.79 Å². The molecule has 0 saturated carbocycles. The number of para-hydroxylation sites is 1. The molecule has 32 heavy (non-hydrogen) atoms. The van der Waals surface area contributed by atoms with Gasteiger partial charge in [0.1, 0.15) is 23.9 Å². The summed E-state index contributed by atoms with van der Waals surface area (Å²) >= 11 is 0. The van der Waals surface area contributed by atoms with Gasteiger partial charge in [-0.3, -0.25) is 9.36 Å². The lowest BCUT2D eigenvalue weighted by molar-refractivity contribution is 0.297. The fourth-order valence-electron chi connectivity index (χ4n) is 3.72. The molecule has 1 aromatic heterocycles. The molecule has 5 heteroatoms. The number of aromatic nitrogens is 2. The third-order valence-electron chi connectivity index (χ3n) is 5.85. The summed E-state index contributed by atoms with van der Waals surface area (Å²) < 4.78 is 12.9. The maximum Gasteiger partial charge on any atom is 0.261 e. The maximum atomic E-state index is 13.3. The van der Waals surface area contributed by atoms with Crippen LogP contribution in [0.25, 0.3) is 22.3 Å². The minimum atomic E-state index is -0.0721. The van der Waals surface area contributed by atoms with Crippen molar-refractivity contribution in [2.75, 3.05) is 13.7 Å². The van der Waals surface area contributed by atoms with Gasteiger partial charge in [0, 0.05) is 5.56 Å². The van der Waals surface area contributed by atoms with Gasteiger partial charge in [0.15, 0.2) is 0 Å². The van der Waals surface area contributed by atoms with Crippen molar-refractivity contribution < 1.29 is 9.47 Å². The predicted molar refractivity (Wildman–Crippen MR) is 129 cm³/mol. The van der Waals surface area contributed by atoms with Crippen LogP contribution in [0.1, 0.15) is 31.7 Å². The topological polar surface area (TPSA) is 53.4 Å². The Hall–Kier alpha value is -3.60. The van der Waals surface area contributed by atoms with E-state index in [1.807, 2.05) is 60.7 Å². The molecule has 0 amide bonds. The van der Waals surface area contributed by atoms with Gasteiger partial charge in [-0.2, -0.15) is 0 Å². The van der Waals surface area contributed by atoms with Crippen LogP contribution in [0.3, 0.4) is 0 Å². The molecule has 0 aliphatic heterocycles. The lowest BCUT2D eigenvalue weighted by Gasteiger charge is -2.15. The van der Waals surface area contributed by atoms with Crippen molar-refractivity contribution in [3.05, 3.63) is 88.7 Å². The Morgan fingerprint density at radius 3 is 2.31 bits per heavy atom. The van der Waals surface area contributed by atoms with Crippen LogP contribution in [0, 0.1) is 0 Å². The van der Waals surface area contributed by atoms with Crippen LogP contribution in [-0.4, -0.2) is 23.3 Å². The molecular formula is C27H28N2O3. The molecule has 0 fully saturated rings. The average molecular weight is 429 g/mol. The molecule has 0 aliphatic carbocycles. The number of nitrogens with zero attached hydrogens (tertiary/aromatic N) is 2. The fraction of sp³-hybridized carbons (Fsp3) is 0.259. The third kappa shape index (κ3) is 4.52. The van der Waals surface area contributed by atoms with Crippen LogP contribution in [-0.2, 0) is 6.54 Å². The molecule has 5 nitrogen and oxygen atoms in total. The molecule has 1 atom stereocenters. The first-order chi connectivity index (χ1) is 15.6. The van der Waals surface area contributed by atoms with E-state index in [-0.39, 0.29) is 5.56 Å². The van der Waals surface area contributed by atoms with Crippen LogP contribution < -0.4 is 15.0 Å². The molecule has 4 rings (SSSR count). The third-order valence-corrected chi connectivity index (χ3v) is 5.85. The molecule has 0 N–H and O–H groups in total. The second kappa shape index (κ2) is 9.69. The first kappa shape index (κ1) is 21.6. The second-order valence-corrected chi connectivity index (χ2v) is 7.86. The number of hydrogen-bond acceptors (Lipinski definition) is 4. The van der Waals surface area contributed by atoms with Crippen LogP contribution in [0.2, 0.25) is 0 Å². The van der Waals surface area contributed by atoms with Crippen molar-refractivity contribution in [1.82, 2.24) is 9.55 Å². The molecule has 1 heterocycles. The molecule has 0 saturated heterocycles. The van der Waals surface area contributed by atoms with Gasteiger partial charge in [0.25, 0.3) is 5.56 Å². The van der Waals surface area contributed by atoms with Crippen molar-refractivity contribution in [2.45, 2.75) is 32.7 Å². The van der Waals surface area contributed by atoms with Gasteiger partial charge in [-0.05, 0) is 66.4 Å². The van der Waals surface area contributed by atoms with E-state index in [2.05, 4.69) is 26.0 Å². The molecule has 164 valence electrons. The summed E-state index contributed by atoms with van der Waals surface area (Å²) in [7, 11) is 1.63. The lowest BCUT2D eigenvalue weighted by Crippen LogP contribution is -2.26. The van der Waals surface area contributed by atoms with Crippen molar-refractivity contribution in [3.8, 4) is 22.9 Å². The molecule has 0 unspecified atom stereocenters. The summed E-state index contributed by atoms with van der Waals surface area (Å²) in [6.45, 7) is 5.16. The zero-order valence-electron chi connectivity index (χ0n) is 18.7. The SMILES string of the molecule is CC[C@H](C)c1ccc(OCCn2c(-c3ccc(OC)cc3)nc3ccccc3c2=O)cc1. The molecular weight excluding hydrogens is 400 g/mol. The molecule has 0 aliphatic rings. The first-order valence-corrected chi connectivity index (χ1v) is 11.0. The van der Waals surface area contributed by atoms with E-state index in [1.165, 1.54) is 5.56 Å². The monoisotopic (exact) mass is 428 g/mol. The molecule has 0 bridgehead atoms. The van der Waals surface area contributed by atoms with Crippen LogP contribution in [0.5, 0.6) is 11.5 Å². The molecule has 0 spiro atoms. The minimum Gasteiger partial charge on any atom is -0.497 e. The Kier molecular flexibility index (Phi) is 6.55. The number of rotatable bonds is 8. The van der Waals surface area contributed by atoms with Crippen LogP contribution in [0.4, 0.5) is 0 Å². The minimum absolute atomic E-state index is 0.0721. The Morgan fingerprint density at radius 1 is 0.938 bits per heavy atom. The standard InChI is InChI=1S/C27H28N2O3/c1-4-19(2)20-9-15-23(16-10-20)32-18-17-29-26(21-11-13-22(31-3)14-12-21)28-25-8-6-5-7-24(25)27(29)30/h5-16,19H,4,17-18H2,1-3H3/t19-/m0/s1. The van der Waals surface area contributed by atoms with Crippen molar-refractivity contribution >= 4 is 10.9 Å². The highest BCUT2D eigenvalue weighted by Gasteiger charge is 2.13. The fourth-order valence-corrected chi connectivity index (χ4v) is 3.72. The largest absolute Gasteiger partial charge is 0.497 e. The highest BCUT2D eigenvalue weighted by atomic mass is 16.5. The Labute approximate surface area is 188 Å². The van der Waals surface area contributed by atoms with E-state index in [1.54, 1.807) is 11.7 Å². The summed E-state index contributed by atoms with van der Waals surface area (Å²) in [6, 6.07) is 23.2. The van der Waals surface area contributed by atoms with Gasteiger partial charge in [0.05, 0.1) is 24.6 Å². The molecule has 0 radical (unpaired) electrons. The van der Waals surface area contributed by atoms with E-state index >= 15 is 0 Å². The van der Waals surface area contributed by atoms with E-state index < -0.39 is 0 Å². The zero-order chi connectivity index (χ0) is 22.5. The smallest absolute Gasteiger partial charge is 0.261 e. The maximum absolute atomic E-state index is 13.3. The summed E-state index contributed by atoms with van der Waals surface area (Å²) in [6.07, 6.45) is 1.10. The average Bonchev–Trinajstić information content (AvgIpc) is 2.85. The number of fused-ring (bicyclic) bond motifs is 1. The highest BCUT2D eigenvalue weighted by molar-refractivity contribution is 5.79. The van der Waals surface area contributed by atoms with E-state index in [4.69, 9.17) is 14.5 Å². The van der Waals surface area contributed by atoms with Gasteiger partial charge < -0.3 is 9.47 Å². The molecule has 4 aromatic rings. The van der Waals surface area contributed by atoms with E-state index in [0.717, 1.165) is 23.5 Å². The van der Waals surface area contributed by atoms with Crippen molar-refractivity contribution in [2.24, 2.45) is 0 Å². The summed E-state index contributed by atoms with van der Waals surface area (Å²) in [5, 5.41) is 0.600. The number of methoxy groups -OCH3 is 1. The normalized spacial score (nSPS) is 12.0. The van der Waals surface area contributed by atoms with Gasteiger partial charge in [-0.15, -0.1) is 0 Å². The number of ether oxygens (including phenoxy) is 2. The first-order valence-electron chi connectivity index (χ1n) is 11.0. The predicted octanol–water partition coefficient (Wildman–Crippen LogP) is 5.66. The zero-order valence-corrected chi connectivity index (χ0v) is 18.7. The highest BCUT2D eigenvalue weighted by Crippen LogP contribution is 2.23. The number of benzene rings is 3. The van der Waals surface area contributed by atoms with Crippen molar-refractivity contribution in [3.63, 3.8) is 0 Å². The molecule has 3 aromatic carbocycles. The van der Waals surface area contributed by atoms with Gasteiger partial charge in [-0.25, -0.2) is 4.98 Å². The lowest BCUT2D eigenvalue weighted by atomic mass is 9.99. The Balaban J connectivity index is 1.61.